The molecule has 0 saturated heterocycles. The van der Waals surface area contributed by atoms with Crippen LogP contribution in [0.1, 0.15) is 0 Å². The van der Waals surface area contributed by atoms with Crippen molar-refractivity contribution < 1.29 is 0 Å². The smallest absolute Gasteiger partial charge is 0.141 e. The average molecular weight is 335 g/mol. The third-order valence-electron chi connectivity index (χ3n) is 7.69. The summed E-state index contributed by atoms with van der Waals surface area (Å²) in [5.74, 6) is 0. The third-order valence-corrected chi connectivity index (χ3v) is 7.69. The van der Waals surface area contributed by atoms with Gasteiger partial charge in [0.1, 0.15) is 78.5 Å². The fourth-order valence-electron chi connectivity index (χ4n) is 5.09. The zero-order valence-electron chi connectivity index (χ0n) is 18.5. The van der Waals surface area contributed by atoms with E-state index in [0.29, 0.717) is 0 Å². The van der Waals surface area contributed by atoms with Crippen molar-refractivity contribution in [2.75, 3.05) is 0 Å². The maximum atomic E-state index is 3.84. The summed E-state index contributed by atoms with van der Waals surface area (Å²) < 4.78 is 0. The lowest BCUT2D eigenvalue weighted by Gasteiger charge is -2.20. The summed E-state index contributed by atoms with van der Waals surface area (Å²) in [6.45, 7) is 0. The summed E-state index contributed by atoms with van der Waals surface area (Å²) in [6, 6.07) is 0. The van der Waals surface area contributed by atoms with Crippen LogP contribution in [0.5, 0.6) is 0 Å². The Balaban J connectivity index is 2.51. The maximum Gasteiger partial charge on any atom is 0.141 e. The minimum Gasteiger partial charge on any atom is -0.355 e. The van der Waals surface area contributed by atoms with E-state index in [2.05, 4.69) is 83.4 Å². The van der Waals surface area contributed by atoms with Crippen LogP contribution in [0.15, 0.2) is 0 Å². The molecular weight excluding hydrogens is 314 g/mol. The molecule has 120 valence electrons. The SMILES string of the molecule is Bc1c(B)c(B)c2c([nH]c3c(B)c(B)c4c(B)c(B)c(B)c(B)c4c32)c1B. The van der Waals surface area contributed by atoms with E-state index < -0.39 is 0 Å². The fourth-order valence-corrected chi connectivity index (χ4v) is 5.09. The zero-order valence-corrected chi connectivity index (χ0v) is 18.5. The minimum absolute atomic E-state index is 1.32. The van der Waals surface area contributed by atoms with Gasteiger partial charge >= 0.3 is 0 Å². The Hall–Kier alpha value is -1.63. The molecule has 0 aliphatic carbocycles. The maximum absolute atomic E-state index is 3.84. The topological polar surface area (TPSA) is 15.8 Å². The Morgan fingerprint density at radius 1 is 0.296 bits per heavy atom. The summed E-state index contributed by atoms with van der Waals surface area (Å²) in [5, 5.41) is 5.75. The van der Waals surface area contributed by atoms with E-state index in [0.717, 1.165) is 0 Å². The summed E-state index contributed by atoms with van der Waals surface area (Å²) in [4.78, 5) is 3.84. The molecule has 27 heavy (non-hydrogen) atoms. The second kappa shape index (κ2) is 5.93. The zero-order chi connectivity index (χ0) is 19.9. The van der Waals surface area contributed by atoms with Gasteiger partial charge in [-0.3, -0.25) is 0 Å². The van der Waals surface area contributed by atoms with E-state index >= 15 is 0 Å². The van der Waals surface area contributed by atoms with Gasteiger partial charge in [-0.15, -0.1) is 16.4 Å². The third kappa shape index (κ3) is 2.20. The van der Waals surface area contributed by atoms with Gasteiger partial charge < -0.3 is 4.98 Å². The quantitative estimate of drug-likeness (QED) is 0.307. The molecule has 0 radical (unpaired) electrons. The van der Waals surface area contributed by atoms with Crippen molar-refractivity contribution in [1.82, 2.24) is 4.98 Å². The van der Waals surface area contributed by atoms with E-state index in [1.807, 2.05) is 0 Å². The van der Waals surface area contributed by atoms with Crippen LogP contribution in [-0.2, 0) is 0 Å². The highest BCUT2D eigenvalue weighted by atomic mass is 14.7. The summed E-state index contributed by atoms with van der Waals surface area (Å²) in [6.07, 6.45) is 0. The van der Waals surface area contributed by atoms with Crippen LogP contribution in [0.25, 0.3) is 32.6 Å². The van der Waals surface area contributed by atoms with Gasteiger partial charge in [-0.25, -0.2) is 0 Å². The second-order valence-corrected chi connectivity index (χ2v) is 8.62. The number of fused-ring (bicyclic) bond motifs is 5. The van der Waals surface area contributed by atoms with Crippen LogP contribution in [-0.4, -0.2) is 83.4 Å². The molecule has 1 nitrogen and oxygen atoms in total. The van der Waals surface area contributed by atoms with Crippen molar-refractivity contribution in [1.29, 1.82) is 0 Å². The Labute approximate surface area is 170 Å². The van der Waals surface area contributed by atoms with Gasteiger partial charge in [0.15, 0.2) is 0 Å². The second-order valence-electron chi connectivity index (χ2n) is 8.62. The largest absolute Gasteiger partial charge is 0.355 e. The molecule has 4 rings (SSSR count). The molecule has 11 heteroatoms. The normalized spacial score (nSPS) is 11.7. The molecule has 1 N–H and O–H groups in total. The van der Waals surface area contributed by atoms with Crippen LogP contribution in [0.4, 0.5) is 0 Å². The van der Waals surface area contributed by atoms with E-state index in [-0.39, 0.29) is 0 Å². The predicted molar refractivity (Wildman–Crippen MR) is 155 cm³/mol. The molecule has 3 aromatic carbocycles. The molecule has 1 aromatic heterocycles. The van der Waals surface area contributed by atoms with Crippen LogP contribution in [0.2, 0.25) is 0 Å². The molecule has 0 bridgehead atoms. The molecule has 0 unspecified atom stereocenters. The number of hydrogen-bond donors (Lipinski definition) is 1. The van der Waals surface area contributed by atoms with Gasteiger partial charge in [0.05, 0.1) is 0 Å². The Morgan fingerprint density at radius 2 is 0.630 bits per heavy atom. The minimum atomic E-state index is 1.32. The fraction of sp³-hybridized carbons (Fsp3) is 0. The first kappa shape index (κ1) is 18.7. The van der Waals surface area contributed by atoms with Gasteiger partial charge in [0, 0.05) is 21.8 Å². The molecule has 0 aliphatic rings. The van der Waals surface area contributed by atoms with Gasteiger partial charge in [-0.1, -0.05) is 38.2 Å². The lowest BCUT2D eigenvalue weighted by Crippen LogP contribution is -2.50. The van der Waals surface area contributed by atoms with Crippen molar-refractivity contribution in [3.8, 4) is 0 Å². The van der Waals surface area contributed by atoms with Crippen molar-refractivity contribution in [3.63, 3.8) is 0 Å². The average Bonchev–Trinajstić information content (AvgIpc) is 3.04. The predicted octanol–water partition coefficient (Wildman–Crippen LogP) is -12.9. The van der Waals surface area contributed by atoms with Crippen molar-refractivity contribution in [2.45, 2.75) is 0 Å². The summed E-state index contributed by atoms with van der Waals surface area (Å²) in [7, 11) is 22.8. The van der Waals surface area contributed by atoms with Gasteiger partial charge in [-0.2, -0.15) is 0 Å². The molecule has 1 heterocycles. The van der Waals surface area contributed by atoms with E-state index in [4.69, 9.17) is 0 Å². The van der Waals surface area contributed by atoms with E-state index in [1.165, 1.54) is 87.2 Å². The summed E-state index contributed by atoms with van der Waals surface area (Å²) in [5.41, 5.74) is 16.8. The van der Waals surface area contributed by atoms with Crippen LogP contribution < -0.4 is 54.6 Å². The molecule has 0 fully saturated rings. The van der Waals surface area contributed by atoms with Crippen LogP contribution in [0.3, 0.4) is 0 Å². The molecule has 0 saturated carbocycles. The van der Waals surface area contributed by atoms with Gasteiger partial charge in [0.25, 0.3) is 0 Å². The van der Waals surface area contributed by atoms with E-state index in [9.17, 15) is 0 Å². The first-order valence-corrected chi connectivity index (χ1v) is 10.0. The number of rotatable bonds is 0. The van der Waals surface area contributed by atoms with Gasteiger partial charge in [0.2, 0.25) is 0 Å². The lowest BCUT2D eigenvalue weighted by atomic mass is 9.61. The van der Waals surface area contributed by atoms with Crippen LogP contribution in [0, 0.1) is 0 Å². The Morgan fingerprint density at radius 3 is 1.19 bits per heavy atom. The molecule has 0 amide bonds. The molecule has 0 aliphatic heterocycles. The summed E-state index contributed by atoms with van der Waals surface area (Å²) >= 11 is 0. The Kier molecular flexibility index (Phi) is 4.11. The van der Waals surface area contributed by atoms with Crippen molar-refractivity contribution >= 4 is 166 Å². The van der Waals surface area contributed by atoms with Gasteiger partial charge in [-0.05, 0) is 10.8 Å². The first-order chi connectivity index (χ1) is 12.6. The van der Waals surface area contributed by atoms with Crippen molar-refractivity contribution in [2.24, 2.45) is 0 Å². The number of H-pyrrole nitrogens is 1. The van der Waals surface area contributed by atoms with E-state index in [1.54, 1.807) is 0 Å². The number of benzene rings is 3. The molecule has 0 spiro atoms. The number of hydrogen-bond acceptors (Lipinski definition) is 0. The highest BCUT2D eigenvalue weighted by molar-refractivity contribution is 6.73. The first-order valence-electron chi connectivity index (χ1n) is 10.0. The Bertz CT molecular complexity index is 1320. The standard InChI is InChI=1S/C16H21B10N/c17-5-1-2-4-8(20)11(23)12(24)14(26)16(4)27-15(2)13(25)7(19)3(1)6(18)10(22)9(5)21/h27H,17-26H2. The molecule has 4 aromatic rings. The molecular formula is C16H21B10N. The highest BCUT2D eigenvalue weighted by Gasteiger charge is 2.21. The van der Waals surface area contributed by atoms with Crippen LogP contribution >= 0.6 is 0 Å². The monoisotopic (exact) mass is 337 g/mol. The number of nitrogens with one attached hydrogen (secondary N) is 1. The van der Waals surface area contributed by atoms with Crippen molar-refractivity contribution in [3.05, 3.63) is 0 Å². The highest BCUT2D eigenvalue weighted by Crippen LogP contribution is 2.25. The lowest BCUT2D eigenvalue weighted by molar-refractivity contribution is 1.59. The number of aromatic nitrogens is 1. The number of aromatic amines is 1. The molecule has 0 atom stereocenters.